The van der Waals surface area contributed by atoms with Crippen molar-refractivity contribution in [2.24, 2.45) is 5.18 Å². The molecule has 0 N–H and O–H groups in total. The predicted octanol–water partition coefficient (Wildman–Crippen LogP) is 5.43. The van der Waals surface area contributed by atoms with Crippen LogP contribution >= 0.6 is 11.6 Å². The fourth-order valence-corrected chi connectivity index (χ4v) is 4.18. The minimum absolute atomic E-state index is 0.00646. The van der Waals surface area contributed by atoms with E-state index in [1.54, 1.807) is 6.07 Å². The molecule has 11 nitrogen and oxygen atoms in total. The Kier molecular flexibility index (Phi) is 7.32. The van der Waals surface area contributed by atoms with Crippen molar-refractivity contribution in [3.05, 3.63) is 93.2 Å². The van der Waals surface area contributed by atoms with Crippen molar-refractivity contribution in [3.63, 3.8) is 0 Å². The molecule has 0 aliphatic carbocycles. The number of ether oxygens (including phenoxy) is 3. The van der Waals surface area contributed by atoms with Gasteiger partial charge in [-0.1, -0.05) is 17.7 Å². The molecule has 0 saturated heterocycles. The van der Waals surface area contributed by atoms with Crippen molar-refractivity contribution in [1.29, 1.82) is 0 Å². The quantitative estimate of drug-likeness (QED) is 0.262. The number of amides is 2. The van der Waals surface area contributed by atoms with E-state index >= 15 is 0 Å². The Labute approximate surface area is 234 Å². The van der Waals surface area contributed by atoms with Crippen LogP contribution in [0.15, 0.2) is 66.0 Å². The molecule has 0 spiro atoms. The Balaban J connectivity index is 1.44. The molecule has 0 atom stereocenters. The third-order valence-electron chi connectivity index (χ3n) is 5.99. The average Bonchev–Trinajstić information content (AvgIpc) is 3.58. The van der Waals surface area contributed by atoms with Crippen LogP contribution in [0.3, 0.4) is 0 Å². The molecule has 2 amide bonds. The maximum absolute atomic E-state index is 13.7. The third-order valence-corrected chi connectivity index (χ3v) is 6.39. The van der Waals surface area contributed by atoms with Gasteiger partial charge < -0.3 is 19.1 Å². The highest BCUT2D eigenvalue weighted by Gasteiger charge is 2.39. The lowest BCUT2D eigenvalue weighted by atomic mass is 10.1. The molecule has 0 bridgehead atoms. The number of hydrogen-bond acceptors (Lipinski definition) is 8. The van der Waals surface area contributed by atoms with Gasteiger partial charge in [0, 0.05) is 29.4 Å². The zero-order valence-corrected chi connectivity index (χ0v) is 21.6. The lowest BCUT2D eigenvalue weighted by Crippen LogP contribution is -2.26. The molecular formula is C26H17ClF3N5O6. The molecule has 2 aromatic carbocycles. The Bertz CT molecular complexity index is 1660. The summed E-state index contributed by atoms with van der Waals surface area (Å²) in [6, 6.07) is 12.6. The van der Waals surface area contributed by atoms with Gasteiger partial charge in [-0.3, -0.25) is 9.59 Å². The minimum atomic E-state index is -4.87. The summed E-state index contributed by atoms with van der Waals surface area (Å²) in [5, 5.41) is 5.31. The van der Waals surface area contributed by atoms with Crippen LogP contribution in [-0.4, -0.2) is 40.4 Å². The summed E-state index contributed by atoms with van der Waals surface area (Å²) in [5.74, 6) is -0.632. The molecular weight excluding hydrogens is 571 g/mol. The van der Waals surface area contributed by atoms with Gasteiger partial charge in [-0.2, -0.15) is 18.3 Å². The standard InChI is InChI=1S/C26H17ClF3N5O6/c1-34(17-10-20-24(31-11-17)41-13-40-20)25(37)15-3-2-4-16(9-15)35-19(21(27)22(32-35)26(28,29)30)12-39-18-7-5-14(6-8-18)23(36)33-38/h2-11H,12-13H2,1H3. The molecule has 0 unspecified atom stereocenters. The Morgan fingerprint density at radius 2 is 1.88 bits per heavy atom. The molecule has 210 valence electrons. The number of rotatable bonds is 7. The number of fused-ring (bicyclic) bond motifs is 1. The van der Waals surface area contributed by atoms with Crippen molar-refractivity contribution in [2.45, 2.75) is 12.8 Å². The van der Waals surface area contributed by atoms with E-state index in [2.05, 4.69) is 15.3 Å². The van der Waals surface area contributed by atoms with Crippen LogP contribution in [0.25, 0.3) is 5.69 Å². The van der Waals surface area contributed by atoms with Gasteiger partial charge in [0.25, 0.3) is 11.8 Å². The van der Waals surface area contributed by atoms with Crippen molar-refractivity contribution < 1.29 is 37.0 Å². The van der Waals surface area contributed by atoms with Crippen LogP contribution in [0.1, 0.15) is 32.1 Å². The molecule has 0 fully saturated rings. The fourth-order valence-electron chi connectivity index (χ4n) is 3.90. The summed E-state index contributed by atoms with van der Waals surface area (Å²) in [4.78, 5) is 40.5. The normalized spacial score (nSPS) is 12.2. The molecule has 3 heterocycles. The van der Waals surface area contributed by atoms with Gasteiger partial charge in [-0.15, -0.1) is 4.91 Å². The highest BCUT2D eigenvalue weighted by atomic mass is 35.5. The van der Waals surface area contributed by atoms with Gasteiger partial charge in [0.1, 0.15) is 18.1 Å². The van der Waals surface area contributed by atoms with E-state index in [-0.39, 0.29) is 35.1 Å². The zero-order chi connectivity index (χ0) is 29.3. The number of pyridine rings is 1. The molecule has 2 aromatic heterocycles. The van der Waals surface area contributed by atoms with Crippen LogP contribution in [0.5, 0.6) is 17.4 Å². The maximum atomic E-state index is 13.7. The first kappa shape index (κ1) is 27.6. The second-order valence-electron chi connectivity index (χ2n) is 8.55. The number of carbonyl (C=O) groups is 2. The minimum Gasteiger partial charge on any atom is -0.487 e. The topological polar surface area (TPSA) is 125 Å². The van der Waals surface area contributed by atoms with Gasteiger partial charge in [0.05, 0.1) is 22.6 Å². The number of alkyl halides is 3. The summed E-state index contributed by atoms with van der Waals surface area (Å²) >= 11 is 6.12. The number of hydrogen-bond donors (Lipinski definition) is 0. The highest BCUT2D eigenvalue weighted by Crippen LogP contribution is 2.37. The second kappa shape index (κ2) is 10.9. The van der Waals surface area contributed by atoms with E-state index in [1.807, 2.05) is 0 Å². The Morgan fingerprint density at radius 3 is 2.59 bits per heavy atom. The number of nitrogens with zero attached hydrogens (tertiary/aromatic N) is 5. The average molecular weight is 588 g/mol. The van der Waals surface area contributed by atoms with E-state index in [9.17, 15) is 27.7 Å². The van der Waals surface area contributed by atoms with Crippen molar-refractivity contribution in [2.75, 3.05) is 18.7 Å². The number of aromatic nitrogens is 3. The molecule has 41 heavy (non-hydrogen) atoms. The van der Waals surface area contributed by atoms with E-state index in [4.69, 9.17) is 25.8 Å². The monoisotopic (exact) mass is 587 g/mol. The Hall–Kier alpha value is -4.98. The summed E-state index contributed by atoms with van der Waals surface area (Å²) < 4.78 is 58.2. The summed E-state index contributed by atoms with van der Waals surface area (Å²) in [6.07, 6.45) is -3.45. The molecule has 1 aliphatic rings. The van der Waals surface area contributed by atoms with E-state index < -0.39 is 35.3 Å². The van der Waals surface area contributed by atoms with Gasteiger partial charge >= 0.3 is 12.1 Å². The van der Waals surface area contributed by atoms with Crippen LogP contribution in [0.4, 0.5) is 18.9 Å². The lowest BCUT2D eigenvalue weighted by Gasteiger charge is -2.18. The lowest BCUT2D eigenvalue weighted by molar-refractivity contribution is -0.141. The van der Waals surface area contributed by atoms with Crippen molar-refractivity contribution >= 4 is 29.1 Å². The van der Waals surface area contributed by atoms with Crippen molar-refractivity contribution in [3.8, 4) is 23.1 Å². The molecule has 1 aliphatic heterocycles. The summed E-state index contributed by atoms with van der Waals surface area (Å²) in [7, 11) is 1.50. The maximum Gasteiger partial charge on any atom is 0.436 e. The molecule has 0 radical (unpaired) electrons. The van der Waals surface area contributed by atoms with Crippen molar-refractivity contribution in [1.82, 2.24) is 14.8 Å². The number of anilines is 1. The molecule has 4 aromatic rings. The molecule has 15 heteroatoms. The zero-order valence-electron chi connectivity index (χ0n) is 20.9. The largest absolute Gasteiger partial charge is 0.487 e. The van der Waals surface area contributed by atoms with Gasteiger partial charge in [-0.05, 0) is 42.5 Å². The number of benzene rings is 2. The van der Waals surface area contributed by atoms with Gasteiger partial charge in [0.15, 0.2) is 11.4 Å². The van der Waals surface area contributed by atoms with Crippen LogP contribution in [0, 0.1) is 4.91 Å². The van der Waals surface area contributed by atoms with Crippen LogP contribution in [0.2, 0.25) is 5.02 Å². The smallest absolute Gasteiger partial charge is 0.436 e. The number of halogens is 4. The van der Waals surface area contributed by atoms with Gasteiger partial charge in [-0.25, -0.2) is 9.67 Å². The first-order valence-corrected chi connectivity index (χ1v) is 12.0. The van der Waals surface area contributed by atoms with E-state index in [0.717, 1.165) is 4.68 Å². The first-order chi connectivity index (χ1) is 19.6. The van der Waals surface area contributed by atoms with E-state index in [1.165, 1.54) is 66.7 Å². The van der Waals surface area contributed by atoms with Gasteiger partial charge in [0.2, 0.25) is 6.79 Å². The molecule has 5 rings (SSSR count). The third kappa shape index (κ3) is 5.54. The highest BCUT2D eigenvalue weighted by molar-refractivity contribution is 6.32. The van der Waals surface area contributed by atoms with E-state index in [0.29, 0.717) is 17.3 Å². The second-order valence-corrected chi connectivity index (χ2v) is 8.92. The number of nitroso groups, excluding NO2 is 1. The summed E-state index contributed by atoms with van der Waals surface area (Å²) in [6.45, 7) is -0.450. The number of carbonyl (C=O) groups excluding carboxylic acids is 2. The SMILES string of the molecule is CN(C(=O)c1cccc(-n2nc(C(F)(F)F)c(Cl)c2COc2ccc(C(=O)N=O)cc2)c1)c1cnc2c(c1)OCO2. The first-order valence-electron chi connectivity index (χ1n) is 11.7. The molecule has 0 saturated carbocycles. The van der Waals surface area contributed by atoms with Crippen LogP contribution in [-0.2, 0) is 12.8 Å². The predicted molar refractivity (Wildman–Crippen MR) is 138 cm³/mol. The van der Waals surface area contributed by atoms with Crippen LogP contribution < -0.4 is 19.1 Å². The fraction of sp³-hybridized carbons (Fsp3) is 0.154. The Morgan fingerprint density at radius 1 is 1.12 bits per heavy atom. The summed E-state index contributed by atoms with van der Waals surface area (Å²) in [5.41, 5.74) is -0.821.